The smallest absolute Gasteiger partial charge is 0.0562 e. The van der Waals surface area contributed by atoms with Gasteiger partial charge in [-0.3, -0.25) is 0 Å². The van der Waals surface area contributed by atoms with Crippen molar-refractivity contribution < 1.29 is 20.4 Å². The summed E-state index contributed by atoms with van der Waals surface area (Å²) in [6.07, 6.45) is 2.26. The van der Waals surface area contributed by atoms with Gasteiger partial charge in [-0.15, -0.1) is 0 Å². The zero-order chi connectivity index (χ0) is 14.6. The summed E-state index contributed by atoms with van der Waals surface area (Å²) in [5.74, 6) is 0.652. The van der Waals surface area contributed by atoms with Gasteiger partial charge in [0.1, 0.15) is 0 Å². The number of hydrogen-bond donors (Lipinski definition) is 4. The normalized spacial score (nSPS) is 17.3. The lowest BCUT2D eigenvalue weighted by Gasteiger charge is -2.11. The predicted molar refractivity (Wildman–Crippen MR) is 74.3 cm³/mol. The Morgan fingerprint density at radius 2 is 1.06 bits per heavy atom. The molecule has 0 heterocycles. The third kappa shape index (κ3) is 13.9. The summed E-state index contributed by atoms with van der Waals surface area (Å²) in [6.45, 7) is 8.23. The Hall–Kier alpha value is -0.160. The maximum absolute atomic E-state index is 9.00. The molecule has 0 aromatic carbocycles. The largest absolute Gasteiger partial charge is 0.396 e. The molecule has 0 aromatic heterocycles. The van der Waals surface area contributed by atoms with E-state index in [4.69, 9.17) is 20.4 Å². The number of aliphatic hydroxyl groups excluding tert-OH is 4. The average molecular weight is 264 g/mol. The highest BCUT2D eigenvalue weighted by atomic mass is 16.3. The minimum absolute atomic E-state index is 0.227. The second-order valence-electron chi connectivity index (χ2n) is 5.17. The van der Waals surface area contributed by atoms with Gasteiger partial charge in [-0.05, 0) is 37.5 Å². The van der Waals surface area contributed by atoms with Gasteiger partial charge in [-0.2, -0.15) is 0 Å². The molecule has 4 heteroatoms. The van der Waals surface area contributed by atoms with E-state index in [-0.39, 0.29) is 25.4 Å². The first-order chi connectivity index (χ1) is 8.40. The van der Waals surface area contributed by atoms with Crippen LogP contribution in [0.25, 0.3) is 0 Å². The zero-order valence-corrected chi connectivity index (χ0v) is 12.3. The first kappa shape index (κ1) is 20.2. The molecule has 0 saturated heterocycles. The van der Waals surface area contributed by atoms with Gasteiger partial charge >= 0.3 is 0 Å². The van der Waals surface area contributed by atoms with Crippen LogP contribution in [0, 0.1) is 11.8 Å². The van der Waals surface area contributed by atoms with Gasteiger partial charge in [0.2, 0.25) is 0 Å². The maximum Gasteiger partial charge on any atom is 0.0562 e. The van der Waals surface area contributed by atoms with Gasteiger partial charge in [-0.1, -0.05) is 27.7 Å². The van der Waals surface area contributed by atoms with Crippen LogP contribution in [-0.4, -0.2) is 45.8 Å². The van der Waals surface area contributed by atoms with E-state index in [2.05, 4.69) is 0 Å². The topological polar surface area (TPSA) is 80.9 Å². The summed E-state index contributed by atoms with van der Waals surface area (Å²) in [7, 11) is 0. The van der Waals surface area contributed by atoms with E-state index in [0.29, 0.717) is 18.3 Å². The third-order valence-electron chi connectivity index (χ3n) is 2.91. The summed E-state index contributed by atoms with van der Waals surface area (Å²) < 4.78 is 0. The van der Waals surface area contributed by atoms with Crippen LogP contribution in [0.1, 0.15) is 53.4 Å². The quantitative estimate of drug-likeness (QED) is 0.536. The molecule has 18 heavy (non-hydrogen) atoms. The lowest BCUT2D eigenvalue weighted by molar-refractivity contribution is 0.0765. The van der Waals surface area contributed by atoms with Crippen molar-refractivity contribution in [1.29, 1.82) is 0 Å². The fourth-order valence-corrected chi connectivity index (χ4v) is 1.48. The molecule has 0 spiro atoms. The summed E-state index contributed by atoms with van der Waals surface area (Å²) >= 11 is 0. The number of hydrogen-bond acceptors (Lipinski definition) is 4. The van der Waals surface area contributed by atoms with Crippen molar-refractivity contribution in [3.05, 3.63) is 0 Å². The number of rotatable bonds is 8. The molecule has 0 radical (unpaired) electrons. The Labute approximate surface area is 112 Å². The van der Waals surface area contributed by atoms with E-state index in [1.54, 1.807) is 0 Å². The monoisotopic (exact) mass is 264 g/mol. The van der Waals surface area contributed by atoms with Crippen molar-refractivity contribution in [3.8, 4) is 0 Å². The molecule has 0 aliphatic heterocycles. The first-order valence-electron chi connectivity index (χ1n) is 6.98. The Kier molecular flexibility index (Phi) is 14.9. The van der Waals surface area contributed by atoms with Crippen LogP contribution in [0.5, 0.6) is 0 Å². The van der Waals surface area contributed by atoms with Gasteiger partial charge in [-0.25, -0.2) is 0 Å². The Bertz CT molecular complexity index is 130. The van der Waals surface area contributed by atoms with E-state index in [1.807, 2.05) is 27.7 Å². The molecule has 112 valence electrons. The SMILES string of the molecule is CC(CO)CC(C)CO.CCC(O)CC(O)CC. The van der Waals surface area contributed by atoms with Gasteiger partial charge < -0.3 is 20.4 Å². The van der Waals surface area contributed by atoms with Gasteiger partial charge in [0.05, 0.1) is 12.2 Å². The van der Waals surface area contributed by atoms with Crippen LogP contribution in [0.3, 0.4) is 0 Å². The summed E-state index contributed by atoms with van der Waals surface area (Å²) in [4.78, 5) is 0. The molecule has 0 saturated carbocycles. The lowest BCUT2D eigenvalue weighted by Crippen LogP contribution is -2.15. The van der Waals surface area contributed by atoms with Crippen LogP contribution < -0.4 is 0 Å². The summed E-state index contributed by atoms with van der Waals surface area (Å²) in [5, 5.41) is 35.2. The second kappa shape index (κ2) is 13.3. The molecule has 0 aliphatic rings. The van der Waals surface area contributed by atoms with Crippen molar-refractivity contribution in [3.63, 3.8) is 0 Å². The first-order valence-corrected chi connectivity index (χ1v) is 6.98. The Balaban J connectivity index is 0. The highest BCUT2D eigenvalue weighted by Gasteiger charge is 2.06. The molecule has 0 rings (SSSR count). The molecule has 4 unspecified atom stereocenters. The van der Waals surface area contributed by atoms with Crippen LogP contribution in [0.15, 0.2) is 0 Å². The third-order valence-corrected chi connectivity index (χ3v) is 2.91. The van der Waals surface area contributed by atoms with Crippen molar-refractivity contribution in [1.82, 2.24) is 0 Å². The second-order valence-corrected chi connectivity index (χ2v) is 5.17. The summed E-state index contributed by atoms with van der Waals surface area (Å²) in [6, 6.07) is 0. The molecule has 0 aliphatic carbocycles. The molecule has 0 bridgehead atoms. The Morgan fingerprint density at radius 1 is 0.722 bits per heavy atom. The van der Waals surface area contributed by atoms with Crippen molar-refractivity contribution >= 4 is 0 Å². The fourth-order valence-electron chi connectivity index (χ4n) is 1.48. The molecule has 4 atom stereocenters. The molecule has 0 fully saturated rings. The van der Waals surface area contributed by atoms with E-state index in [1.165, 1.54) is 0 Å². The molecule has 4 nitrogen and oxygen atoms in total. The van der Waals surface area contributed by atoms with Crippen molar-refractivity contribution in [2.75, 3.05) is 13.2 Å². The molecule has 4 N–H and O–H groups in total. The molecule has 0 aromatic rings. The van der Waals surface area contributed by atoms with Crippen molar-refractivity contribution in [2.45, 2.75) is 65.6 Å². The summed E-state index contributed by atoms with van der Waals surface area (Å²) in [5.41, 5.74) is 0. The highest BCUT2D eigenvalue weighted by Crippen LogP contribution is 2.09. The zero-order valence-electron chi connectivity index (χ0n) is 12.3. The maximum atomic E-state index is 9.00. The predicted octanol–water partition coefficient (Wildman–Crippen LogP) is 1.55. The van der Waals surface area contributed by atoms with Crippen LogP contribution in [0.4, 0.5) is 0 Å². The van der Waals surface area contributed by atoms with Crippen LogP contribution >= 0.6 is 0 Å². The Morgan fingerprint density at radius 3 is 1.28 bits per heavy atom. The van der Waals surface area contributed by atoms with E-state index in [0.717, 1.165) is 19.3 Å². The van der Waals surface area contributed by atoms with Gasteiger partial charge in [0.25, 0.3) is 0 Å². The standard InChI is InChI=1S/2C7H16O2/c1-6(4-8)3-7(2)5-9;1-3-6(8)5-7(9)4-2/h2*6-9H,3-5H2,1-2H3. The molecular weight excluding hydrogens is 232 g/mol. The average Bonchev–Trinajstić information content (AvgIpc) is 2.38. The highest BCUT2D eigenvalue weighted by molar-refractivity contribution is 4.59. The number of aliphatic hydroxyl groups is 4. The minimum Gasteiger partial charge on any atom is -0.396 e. The van der Waals surface area contributed by atoms with Crippen LogP contribution in [0.2, 0.25) is 0 Å². The van der Waals surface area contributed by atoms with E-state index < -0.39 is 0 Å². The van der Waals surface area contributed by atoms with Gasteiger partial charge in [0.15, 0.2) is 0 Å². The van der Waals surface area contributed by atoms with Gasteiger partial charge in [0, 0.05) is 13.2 Å². The van der Waals surface area contributed by atoms with E-state index in [9.17, 15) is 0 Å². The van der Waals surface area contributed by atoms with Crippen molar-refractivity contribution in [2.24, 2.45) is 11.8 Å². The minimum atomic E-state index is -0.319. The fraction of sp³-hybridized carbons (Fsp3) is 1.00. The van der Waals surface area contributed by atoms with E-state index >= 15 is 0 Å². The molecule has 0 amide bonds. The lowest BCUT2D eigenvalue weighted by atomic mass is 9.99. The molecular formula is C14H32O4. The van der Waals surface area contributed by atoms with Crippen LogP contribution in [-0.2, 0) is 0 Å².